The maximum absolute atomic E-state index is 12.1. The summed E-state index contributed by atoms with van der Waals surface area (Å²) in [5, 5.41) is 7.58. The summed E-state index contributed by atoms with van der Waals surface area (Å²) in [6.07, 6.45) is 0.899. The van der Waals surface area contributed by atoms with E-state index in [1.165, 1.54) is 11.3 Å². The van der Waals surface area contributed by atoms with E-state index in [9.17, 15) is 4.79 Å². The van der Waals surface area contributed by atoms with E-state index in [-0.39, 0.29) is 5.91 Å². The predicted octanol–water partition coefficient (Wildman–Crippen LogP) is 2.87. The second-order valence-electron chi connectivity index (χ2n) is 4.45. The third-order valence-electron chi connectivity index (χ3n) is 2.96. The molecule has 2 rings (SSSR count). The van der Waals surface area contributed by atoms with Gasteiger partial charge in [-0.15, -0.1) is 11.3 Å². The minimum absolute atomic E-state index is 0.115. The Hall–Kier alpha value is -1.30. The number of nitrogen functional groups attached to an aromatic ring is 1. The summed E-state index contributed by atoms with van der Waals surface area (Å²) in [5.41, 5.74) is 6.55. The zero-order valence-electron chi connectivity index (χ0n) is 11.3. The van der Waals surface area contributed by atoms with Crippen molar-refractivity contribution >= 4 is 44.6 Å². The topological polar surface area (TPSA) is 67.1 Å². The number of thiophene rings is 1. The molecule has 1 aromatic heterocycles. The van der Waals surface area contributed by atoms with Gasteiger partial charge in [-0.25, -0.2) is 0 Å². The van der Waals surface area contributed by atoms with Gasteiger partial charge in [0.15, 0.2) is 0 Å². The van der Waals surface area contributed by atoms with E-state index in [0.717, 1.165) is 29.6 Å². The van der Waals surface area contributed by atoms with E-state index in [0.29, 0.717) is 22.1 Å². The smallest absolute Gasteiger partial charge is 0.263 e. The highest BCUT2D eigenvalue weighted by molar-refractivity contribution is 7.21. The molecule has 0 atom stereocenters. The summed E-state index contributed by atoms with van der Waals surface area (Å²) in [5.74, 6) is -0.115. The summed E-state index contributed by atoms with van der Waals surface area (Å²) in [6, 6.07) is 5.49. The molecule has 0 aliphatic rings. The Morgan fingerprint density at radius 1 is 1.40 bits per heavy atom. The van der Waals surface area contributed by atoms with Crippen molar-refractivity contribution in [3.05, 3.63) is 28.1 Å². The highest BCUT2D eigenvalue weighted by atomic mass is 35.5. The molecule has 1 amide bonds. The van der Waals surface area contributed by atoms with Gasteiger partial charge in [0, 0.05) is 21.7 Å². The lowest BCUT2D eigenvalue weighted by atomic mass is 10.2. The molecule has 0 aliphatic heterocycles. The van der Waals surface area contributed by atoms with Crippen molar-refractivity contribution in [3.8, 4) is 0 Å². The van der Waals surface area contributed by atoms with Crippen LogP contribution in [0.1, 0.15) is 23.0 Å². The molecule has 4 N–H and O–H groups in total. The number of nitrogens with one attached hydrogen (secondary N) is 2. The molecule has 108 valence electrons. The second-order valence-corrected chi connectivity index (χ2v) is 5.94. The van der Waals surface area contributed by atoms with Gasteiger partial charge in [0.2, 0.25) is 0 Å². The van der Waals surface area contributed by atoms with Crippen molar-refractivity contribution in [2.75, 3.05) is 25.4 Å². The summed E-state index contributed by atoms with van der Waals surface area (Å²) < 4.78 is 0.977. The van der Waals surface area contributed by atoms with E-state index >= 15 is 0 Å². The van der Waals surface area contributed by atoms with Crippen molar-refractivity contribution in [2.45, 2.75) is 13.3 Å². The number of hydrogen-bond acceptors (Lipinski definition) is 4. The van der Waals surface area contributed by atoms with Crippen molar-refractivity contribution in [2.24, 2.45) is 0 Å². The summed E-state index contributed by atoms with van der Waals surface area (Å²) in [4.78, 5) is 12.7. The molecule has 0 radical (unpaired) electrons. The third kappa shape index (κ3) is 3.42. The lowest BCUT2D eigenvalue weighted by molar-refractivity contribution is 0.0958. The molecule has 1 aromatic carbocycles. The first-order chi connectivity index (χ1) is 9.63. The van der Waals surface area contributed by atoms with Gasteiger partial charge >= 0.3 is 0 Å². The van der Waals surface area contributed by atoms with Crippen LogP contribution in [0.2, 0.25) is 5.02 Å². The van der Waals surface area contributed by atoms with Crippen molar-refractivity contribution in [3.63, 3.8) is 0 Å². The van der Waals surface area contributed by atoms with Gasteiger partial charge in [-0.3, -0.25) is 4.79 Å². The van der Waals surface area contributed by atoms with Crippen LogP contribution in [0, 0.1) is 0 Å². The fraction of sp³-hybridized carbons (Fsp3) is 0.357. The molecule has 0 fully saturated rings. The molecule has 1 heterocycles. The van der Waals surface area contributed by atoms with E-state index in [2.05, 4.69) is 17.6 Å². The van der Waals surface area contributed by atoms with Gasteiger partial charge in [0.1, 0.15) is 4.88 Å². The zero-order valence-corrected chi connectivity index (χ0v) is 12.9. The standard InChI is InChI=1S/C14H18ClN3OS/c1-2-17-6-3-7-18-14(19)13-12(16)10-8-9(15)4-5-11(10)20-13/h4-5,8,17H,2-3,6-7,16H2,1H3,(H,18,19). The number of rotatable bonds is 6. The maximum Gasteiger partial charge on any atom is 0.263 e. The molecule has 0 spiro atoms. The Balaban J connectivity index is 2.05. The molecule has 2 aromatic rings. The Morgan fingerprint density at radius 3 is 2.95 bits per heavy atom. The van der Waals surface area contributed by atoms with Crippen LogP contribution < -0.4 is 16.4 Å². The van der Waals surface area contributed by atoms with Crippen LogP contribution in [0.4, 0.5) is 5.69 Å². The zero-order chi connectivity index (χ0) is 14.5. The van der Waals surface area contributed by atoms with Gasteiger partial charge in [0.05, 0.1) is 5.69 Å². The molecule has 0 saturated heterocycles. The van der Waals surface area contributed by atoms with Gasteiger partial charge in [-0.1, -0.05) is 18.5 Å². The summed E-state index contributed by atoms with van der Waals surface area (Å²) in [6.45, 7) is 4.54. The van der Waals surface area contributed by atoms with Crippen LogP contribution in [-0.4, -0.2) is 25.5 Å². The van der Waals surface area contributed by atoms with E-state index < -0.39 is 0 Å². The van der Waals surface area contributed by atoms with Gasteiger partial charge in [0.25, 0.3) is 5.91 Å². The number of benzene rings is 1. The van der Waals surface area contributed by atoms with Crippen LogP contribution in [0.3, 0.4) is 0 Å². The number of carbonyl (C=O) groups excluding carboxylic acids is 1. The van der Waals surface area contributed by atoms with E-state index in [4.69, 9.17) is 17.3 Å². The van der Waals surface area contributed by atoms with E-state index in [1.54, 1.807) is 12.1 Å². The van der Waals surface area contributed by atoms with Crippen molar-refractivity contribution < 1.29 is 4.79 Å². The average molecular weight is 312 g/mol. The van der Waals surface area contributed by atoms with Crippen LogP contribution in [0.25, 0.3) is 10.1 Å². The quantitative estimate of drug-likeness (QED) is 0.719. The first-order valence-electron chi connectivity index (χ1n) is 6.60. The highest BCUT2D eigenvalue weighted by Crippen LogP contribution is 2.35. The van der Waals surface area contributed by atoms with Crippen LogP contribution in [-0.2, 0) is 0 Å². The first-order valence-corrected chi connectivity index (χ1v) is 7.79. The van der Waals surface area contributed by atoms with Crippen molar-refractivity contribution in [1.29, 1.82) is 0 Å². The SMILES string of the molecule is CCNCCCNC(=O)c1sc2ccc(Cl)cc2c1N. The molecular weight excluding hydrogens is 294 g/mol. The summed E-state index contributed by atoms with van der Waals surface area (Å²) >= 11 is 7.35. The number of fused-ring (bicyclic) bond motifs is 1. The van der Waals surface area contributed by atoms with Crippen molar-refractivity contribution in [1.82, 2.24) is 10.6 Å². The Labute approximate surface area is 127 Å². The van der Waals surface area contributed by atoms with Gasteiger partial charge in [-0.05, 0) is 37.7 Å². The van der Waals surface area contributed by atoms with Gasteiger partial charge in [-0.2, -0.15) is 0 Å². The fourth-order valence-corrected chi connectivity index (χ4v) is 3.12. The number of hydrogen-bond donors (Lipinski definition) is 3. The first kappa shape index (κ1) is 15.1. The van der Waals surface area contributed by atoms with Crippen LogP contribution in [0.15, 0.2) is 18.2 Å². The Morgan fingerprint density at radius 2 is 2.20 bits per heavy atom. The minimum atomic E-state index is -0.115. The Kier molecular flexibility index (Phi) is 5.23. The molecule has 4 nitrogen and oxygen atoms in total. The van der Waals surface area contributed by atoms with Gasteiger partial charge < -0.3 is 16.4 Å². The predicted molar refractivity (Wildman–Crippen MR) is 86.7 cm³/mol. The molecule has 0 aliphatic carbocycles. The Bertz CT molecular complexity index is 612. The number of halogens is 1. The van der Waals surface area contributed by atoms with Crippen LogP contribution >= 0.6 is 22.9 Å². The monoisotopic (exact) mass is 311 g/mol. The molecule has 6 heteroatoms. The highest BCUT2D eigenvalue weighted by Gasteiger charge is 2.16. The van der Waals surface area contributed by atoms with Crippen LogP contribution in [0.5, 0.6) is 0 Å². The fourth-order valence-electron chi connectivity index (χ4n) is 1.93. The number of amides is 1. The number of anilines is 1. The molecule has 0 unspecified atom stereocenters. The normalized spacial score (nSPS) is 10.9. The lowest BCUT2D eigenvalue weighted by Gasteiger charge is -2.04. The molecule has 0 bridgehead atoms. The lowest BCUT2D eigenvalue weighted by Crippen LogP contribution is -2.27. The largest absolute Gasteiger partial charge is 0.397 e. The molecular formula is C14H18ClN3OS. The molecule has 20 heavy (non-hydrogen) atoms. The minimum Gasteiger partial charge on any atom is -0.397 e. The number of nitrogens with two attached hydrogens (primary N) is 1. The molecule has 0 saturated carbocycles. The maximum atomic E-state index is 12.1. The third-order valence-corrected chi connectivity index (χ3v) is 4.38. The summed E-state index contributed by atoms with van der Waals surface area (Å²) in [7, 11) is 0. The number of carbonyl (C=O) groups is 1. The van der Waals surface area contributed by atoms with E-state index in [1.807, 2.05) is 6.07 Å². The average Bonchev–Trinajstić information content (AvgIpc) is 2.76. The second kappa shape index (κ2) is 6.92.